The summed E-state index contributed by atoms with van der Waals surface area (Å²) in [6.45, 7) is 3.99. The van der Waals surface area contributed by atoms with Crippen LogP contribution in [0.4, 0.5) is 21.8 Å². The van der Waals surface area contributed by atoms with Crippen molar-refractivity contribution in [1.29, 1.82) is 0 Å². The number of rotatable bonds is 7. The van der Waals surface area contributed by atoms with Gasteiger partial charge in [0.15, 0.2) is 11.5 Å². The number of aromatic nitrogens is 5. The quantitative estimate of drug-likeness (QED) is 0.353. The Kier molecular flexibility index (Phi) is 6.45. The zero-order chi connectivity index (χ0) is 25.4. The highest BCUT2D eigenvalue weighted by Gasteiger charge is 2.55. The first kappa shape index (κ1) is 24.1. The van der Waals surface area contributed by atoms with Crippen molar-refractivity contribution in [3.8, 4) is 0 Å². The summed E-state index contributed by atoms with van der Waals surface area (Å²) >= 11 is 0. The Morgan fingerprint density at radius 1 is 1.22 bits per heavy atom. The highest BCUT2D eigenvalue weighted by atomic mass is 19.1. The Morgan fingerprint density at radius 2 is 2.03 bits per heavy atom. The number of carbonyl (C=O) groups excluding carboxylic acids is 1. The van der Waals surface area contributed by atoms with Gasteiger partial charge in [-0.05, 0) is 45.1 Å². The number of fused-ring (bicyclic) bond motifs is 1. The van der Waals surface area contributed by atoms with Crippen LogP contribution in [-0.2, 0) is 9.53 Å². The number of imidazole rings is 1. The highest BCUT2D eigenvalue weighted by molar-refractivity contribution is 5.71. The maximum atomic E-state index is 14.0. The zero-order valence-electron chi connectivity index (χ0n) is 21.0. The number of anilines is 3. The number of aromatic amines is 1. The number of nitrogens with one attached hydrogen (secondary N) is 4. The second kappa shape index (κ2) is 9.90. The molecule has 1 saturated heterocycles. The Bertz CT molecular complexity index is 1220. The highest BCUT2D eigenvalue weighted by Crippen LogP contribution is 2.56. The van der Waals surface area contributed by atoms with Gasteiger partial charge in [-0.1, -0.05) is 0 Å². The number of piperazine rings is 1. The van der Waals surface area contributed by atoms with Gasteiger partial charge in [0.05, 0.1) is 11.9 Å². The number of alkyl halides is 1. The van der Waals surface area contributed by atoms with E-state index in [1.807, 2.05) is 22.9 Å². The lowest BCUT2D eigenvalue weighted by molar-refractivity contribution is -0.135. The second-order valence-corrected chi connectivity index (χ2v) is 10.6. The van der Waals surface area contributed by atoms with E-state index in [4.69, 9.17) is 4.74 Å². The maximum Gasteiger partial charge on any atom is 0.293 e. The molecule has 4 aliphatic carbocycles. The molecule has 5 fully saturated rings. The molecule has 0 aromatic carbocycles. The molecule has 5 aliphatic rings. The average Bonchev–Trinajstić information content (AvgIpc) is 3.60. The molecule has 4 N–H and O–H groups in total. The predicted octanol–water partition coefficient (Wildman–Crippen LogP) is 2.12. The molecule has 0 amide bonds. The molecular weight excluding hydrogens is 477 g/mol. The molecule has 3 unspecified atom stereocenters. The fourth-order valence-electron chi connectivity index (χ4n) is 6.05. The van der Waals surface area contributed by atoms with E-state index in [2.05, 4.69) is 48.1 Å². The van der Waals surface area contributed by atoms with Crippen molar-refractivity contribution < 1.29 is 13.9 Å². The third kappa shape index (κ3) is 4.63. The van der Waals surface area contributed by atoms with Crippen molar-refractivity contribution in [2.24, 2.45) is 5.92 Å². The van der Waals surface area contributed by atoms with Crippen LogP contribution in [0.15, 0.2) is 24.7 Å². The number of H-pyrrole nitrogens is 1. The first-order valence-corrected chi connectivity index (χ1v) is 13.1. The Labute approximate surface area is 214 Å². The minimum atomic E-state index is -1.16. The summed E-state index contributed by atoms with van der Waals surface area (Å²) in [6, 6.07) is 1.84. The monoisotopic (exact) mass is 511 g/mol. The van der Waals surface area contributed by atoms with Crippen molar-refractivity contribution in [1.82, 2.24) is 35.2 Å². The van der Waals surface area contributed by atoms with Gasteiger partial charge in [0, 0.05) is 61.8 Å². The van der Waals surface area contributed by atoms with E-state index in [9.17, 15) is 9.18 Å². The molecule has 3 aromatic rings. The fraction of sp³-hybridized carbons (Fsp3) is 0.600. The normalized spacial score (nSPS) is 30.2. The number of ether oxygens (including phenoxy) is 1. The number of halogens is 1. The van der Waals surface area contributed by atoms with E-state index >= 15 is 0 Å². The SMILES string of the molecule is CNC12CC(C1)C2.O=COC1CC(c2cc(Nc3ncc(N4CCNCC4)c4nccn34)n[nH]2)CC1F. The first-order valence-electron chi connectivity index (χ1n) is 13.1. The van der Waals surface area contributed by atoms with Crippen molar-refractivity contribution in [2.45, 2.75) is 55.8 Å². The molecule has 3 aromatic heterocycles. The number of hydrogen-bond acceptors (Lipinski definition) is 9. The van der Waals surface area contributed by atoms with Crippen LogP contribution < -0.4 is 20.9 Å². The van der Waals surface area contributed by atoms with Gasteiger partial charge in [-0.3, -0.25) is 14.3 Å². The van der Waals surface area contributed by atoms with Gasteiger partial charge >= 0.3 is 0 Å². The third-order valence-electron chi connectivity index (χ3n) is 8.37. The van der Waals surface area contributed by atoms with Crippen LogP contribution in [-0.4, -0.2) is 82.1 Å². The lowest BCUT2D eigenvalue weighted by Crippen LogP contribution is -2.65. The molecule has 1 aliphatic heterocycles. The van der Waals surface area contributed by atoms with E-state index < -0.39 is 12.3 Å². The van der Waals surface area contributed by atoms with Crippen LogP contribution in [0.25, 0.3) is 5.65 Å². The van der Waals surface area contributed by atoms with Gasteiger partial charge < -0.3 is 25.6 Å². The molecule has 12 heteroatoms. The van der Waals surface area contributed by atoms with Crippen molar-refractivity contribution >= 4 is 29.6 Å². The van der Waals surface area contributed by atoms with Gasteiger partial charge in [-0.15, -0.1) is 0 Å². The summed E-state index contributed by atoms with van der Waals surface area (Å²) in [7, 11) is 2.08. The van der Waals surface area contributed by atoms with E-state index in [1.54, 1.807) is 6.20 Å². The second-order valence-electron chi connectivity index (χ2n) is 10.6. The maximum absolute atomic E-state index is 14.0. The van der Waals surface area contributed by atoms with E-state index in [1.165, 1.54) is 19.3 Å². The summed E-state index contributed by atoms with van der Waals surface area (Å²) < 4.78 is 20.8. The van der Waals surface area contributed by atoms with Crippen LogP contribution in [0.5, 0.6) is 0 Å². The Hall–Kier alpha value is -3.25. The molecule has 0 spiro atoms. The number of nitrogens with zero attached hydrogens (tertiary/aromatic N) is 5. The largest absolute Gasteiger partial charge is 0.461 e. The Morgan fingerprint density at radius 3 is 2.70 bits per heavy atom. The molecule has 198 valence electrons. The van der Waals surface area contributed by atoms with E-state index in [-0.39, 0.29) is 5.92 Å². The predicted molar refractivity (Wildman–Crippen MR) is 137 cm³/mol. The minimum absolute atomic E-state index is 0.0793. The molecule has 37 heavy (non-hydrogen) atoms. The lowest BCUT2D eigenvalue weighted by atomic mass is 9.50. The summed E-state index contributed by atoms with van der Waals surface area (Å²) in [5.41, 5.74) is 3.28. The van der Waals surface area contributed by atoms with E-state index in [0.717, 1.165) is 49.1 Å². The van der Waals surface area contributed by atoms with Gasteiger partial charge in [0.25, 0.3) is 6.47 Å². The number of carbonyl (C=O) groups is 1. The van der Waals surface area contributed by atoms with Crippen LogP contribution in [0.2, 0.25) is 0 Å². The summed E-state index contributed by atoms with van der Waals surface area (Å²) in [4.78, 5) is 21.9. The molecular formula is C25H34FN9O2. The van der Waals surface area contributed by atoms with Gasteiger partial charge in [0.2, 0.25) is 5.95 Å². The number of hydrogen-bond donors (Lipinski definition) is 4. The smallest absolute Gasteiger partial charge is 0.293 e. The van der Waals surface area contributed by atoms with Gasteiger partial charge in [0.1, 0.15) is 12.3 Å². The topological polar surface area (TPSA) is 124 Å². The molecule has 0 radical (unpaired) electrons. The van der Waals surface area contributed by atoms with Crippen molar-refractivity contribution in [2.75, 3.05) is 43.4 Å². The molecule has 4 heterocycles. The van der Waals surface area contributed by atoms with E-state index in [0.29, 0.717) is 36.6 Å². The van der Waals surface area contributed by atoms with Gasteiger partial charge in [-0.2, -0.15) is 5.10 Å². The van der Waals surface area contributed by atoms with Crippen LogP contribution in [0.1, 0.15) is 43.7 Å². The molecule has 8 rings (SSSR count). The average molecular weight is 512 g/mol. The Balaban J connectivity index is 0.000000307. The molecule has 4 saturated carbocycles. The molecule has 3 atom stereocenters. The minimum Gasteiger partial charge on any atom is -0.461 e. The van der Waals surface area contributed by atoms with Crippen molar-refractivity contribution in [3.05, 3.63) is 30.4 Å². The van der Waals surface area contributed by atoms with Crippen LogP contribution in [0, 0.1) is 5.92 Å². The third-order valence-corrected chi connectivity index (χ3v) is 8.37. The van der Waals surface area contributed by atoms with Gasteiger partial charge in [-0.25, -0.2) is 14.4 Å². The summed E-state index contributed by atoms with van der Waals surface area (Å²) in [5.74, 6) is 2.21. The first-order chi connectivity index (χ1) is 18.1. The summed E-state index contributed by atoms with van der Waals surface area (Å²) in [5, 5.41) is 17.2. The summed E-state index contributed by atoms with van der Waals surface area (Å²) in [6.07, 6.45) is 8.69. The molecule has 11 nitrogen and oxygen atoms in total. The van der Waals surface area contributed by atoms with Crippen molar-refractivity contribution in [3.63, 3.8) is 0 Å². The fourth-order valence-corrected chi connectivity index (χ4v) is 6.05. The van der Waals surface area contributed by atoms with Crippen LogP contribution >= 0.6 is 0 Å². The van der Waals surface area contributed by atoms with Crippen LogP contribution in [0.3, 0.4) is 0 Å². The standard InChI is InChI=1S/C19H23FN8O2.C6H11N/c20-13-7-12(8-16(13)30-11-29)14-9-17(26-25-14)24-19-23-10-15(18-22-3-6-28(18)19)27-4-1-21-2-5-27;1-7-6-2-5(3-6)4-6/h3,6,9-13,16,21H,1-2,4-5,7-8H2,(H2,23,24,25,26);5,7H,2-4H2,1H3. The zero-order valence-corrected chi connectivity index (χ0v) is 21.0. The molecule has 2 bridgehead atoms. The lowest BCUT2D eigenvalue weighted by Gasteiger charge is -2.61.